The lowest BCUT2D eigenvalue weighted by molar-refractivity contribution is -0.140. The Balaban J connectivity index is 1.77. The van der Waals surface area contributed by atoms with Gasteiger partial charge in [-0.05, 0) is 60.5 Å². The van der Waals surface area contributed by atoms with Crippen molar-refractivity contribution < 1.29 is 35.1 Å². The van der Waals surface area contributed by atoms with Crippen LogP contribution in [0.25, 0.3) is 11.6 Å². The fourth-order valence-electron chi connectivity index (χ4n) is 3.76. The van der Waals surface area contributed by atoms with E-state index in [9.17, 15) is 30.4 Å². The monoisotopic (exact) mass is 529 g/mol. The highest BCUT2D eigenvalue weighted by Crippen LogP contribution is 2.39. The Morgan fingerprint density at radius 1 is 1.06 bits per heavy atom. The molecular weight excluding hydrogens is 513 g/mol. The summed E-state index contributed by atoms with van der Waals surface area (Å²) in [5.41, 5.74) is -0.482. The van der Waals surface area contributed by atoms with Crippen molar-refractivity contribution in [3.63, 3.8) is 0 Å². The number of fused-ring (bicyclic) bond motifs is 1. The largest absolute Gasteiger partial charge is 0.489 e. The first-order valence-corrected chi connectivity index (χ1v) is 12.0. The summed E-state index contributed by atoms with van der Waals surface area (Å²) in [6.45, 7) is 1.41. The van der Waals surface area contributed by atoms with Crippen LogP contribution < -0.4 is 9.04 Å². The van der Waals surface area contributed by atoms with E-state index in [0.29, 0.717) is 17.2 Å². The van der Waals surface area contributed by atoms with Gasteiger partial charge in [-0.15, -0.1) is 0 Å². The van der Waals surface area contributed by atoms with Crippen LogP contribution in [0.5, 0.6) is 5.75 Å². The molecule has 0 spiro atoms. The van der Waals surface area contributed by atoms with E-state index >= 15 is 0 Å². The number of alkyl halides is 3. The summed E-state index contributed by atoms with van der Waals surface area (Å²) in [5, 5.41) is 0.195. The molecule has 0 amide bonds. The van der Waals surface area contributed by atoms with Crippen LogP contribution in [0, 0.1) is 11.6 Å². The molecule has 4 nitrogen and oxygen atoms in total. The first-order chi connectivity index (χ1) is 16.4. The van der Waals surface area contributed by atoms with Crippen molar-refractivity contribution in [1.82, 2.24) is 0 Å². The van der Waals surface area contributed by atoms with Gasteiger partial charge in [-0.2, -0.15) is 13.2 Å². The van der Waals surface area contributed by atoms with Crippen molar-refractivity contribution in [3.8, 4) is 5.75 Å². The molecule has 4 rings (SSSR count). The van der Waals surface area contributed by atoms with E-state index in [1.807, 2.05) is 0 Å². The fourth-order valence-corrected chi connectivity index (χ4v) is 5.55. The molecule has 1 aliphatic heterocycles. The number of allylic oxidation sites excluding steroid dienone is 1. The van der Waals surface area contributed by atoms with Gasteiger partial charge in [0.05, 0.1) is 27.7 Å². The summed E-state index contributed by atoms with van der Waals surface area (Å²) in [6, 6.07) is 10.4. The minimum Gasteiger partial charge on any atom is -0.489 e. The van der Waals surface area contributed by atoms with Crippen LogP contribution in [0.1, 0.15) is 23.6 Å². The Labute approximate surface area is 203 Å². The Bertz CT molecular complexity index is 1420. The van der Waals surface area contributed by atoms with Crippen molar-refractivity contribution in [1.29, 1.82) is 0 Å². The van der Waals surface area contributed by atoms with Crippen molar-refractivity contribution >= 4 is 39.0 Å². The minimum absolute atomic E-state index is 0.0431. The quantitative estimate of drug-likeness (QED) is 0.276. The molecular formula is C24H17ClF5NO3S. The van der Waals surface area contributed by atoms with E-state index in [2.05, 4.69) is 0 Å². The molecule has 184 valence electrons. The third-order valence-electron chi connectivity index (χ3n) is 5.38. The molecule has 0 aliphatic carbocycles. The Morgan fingerprint density at radius 3 is 2.49 bits per heavy atom. The number of ether oxygens (including phenoxy) is 1. The molecule has 3 aromatic carbocycles. The third-order valence-corrected chi connectivity index (χ3v) is 7.50. The van der Waals surface area contributed by atoms with Crippen LogP contribution in [-0.4, -0.2) is 21.6 Å². The summed E-state index contributed by atoms with van der Waals surface area (Å²) in [6.07, 6.45) is -3.48. The molecule has 0 radical (unpaired) electrons. The number of benzene rings is 3. The van der Waals surface area contributed by atoms with E-state index in [1.54, 1.807) is 19.1 Å². The van der Waals surface area contributed by atoms with E-state index < -0.39 is 38.3 Å². The molecule has 3 aromatic rings. The highest BCUT2D eigenvalue weighted by Gasteiger charge is 2.37. The SMILES string of the molecule is C/C(=C\c1ccc2c(c1)N(S(=O)(=O)c1ccc(F)c(C(F)(F)F)c1)CCO2)c1c(F)cccc1Cl. The van der Waals surface area contributed by atoms with Gasteiger partial charge < -0.3 is 4.74 Å². The van der Waals surface area contributed by atoms with Crippen LogP contribution >= 0.6 is 11.6 Å². The summed E-state index contributed by atoms with van der Waals surface area (Å²) >= 11 is 6.12. The Kier molecular flexibility index (Phi) is 6.54. The second-order valence-electron chi connectivity index (χ2n) is 7.72. The molecule has 0 aromatic heterocycles. The smallest absolute Gasteiger partial charge is 0.419 e. The molecule has 0 N–H and O–H groups in total. The standard InChI is InChI=1S/C24H17ClF5NO3S/c1-14(23-18(25)3-2-4-20(23)27)11-15-5-8-22-21(12-15)31(9-10-34-22)35(32,33)16-6-7-19(26)17(13-16)24(28,29)30/h2-8,11-13H,9-10H2,1H3/b14-11+. The molecule has 0 saturated carbocycles. The second kappa shape index (κ2) is 9.16. The van der Waals surface area contributed by atoms with Crippen LogP contribution in [-0.2, 0) is 16.2 Å². The van der Waals surface area contributed by atoms with Gasteiger partial charge in [0.1, 0.15) is 24.0 Å². The number of sulfonamides is 1. The predicted octanol–water partition coefficient (Wildman–Crippen LogP) is 6.79. The molecule has 1 aliphatic rings. The molecule has 0 fully saturated rings. The van der Waals surface area contributed by atoms with Gasteiger partial charge in [-0.1, -0.05) is 29.8 Å². The van der Waals surface area contributed by atoms with Crippen molar-refractivity contribution in [2.75, 3.05) is 17.5 Å². The van der Waals surface area contributed by atoms with Crippen LogP contribution in [0.4, 0.5) is 27.6 Å². The summed E-state index contributed by atoms with van der Waals surface area (Å²) < 4.78 is 100. The van der Waals surface area contributed by atoms with Gasteiger partial charge in [-0.3, -0.25) is 4.31 Å². The van der Waals surface area contributed by atoms with Gasteiger partial charge in [0.2, 0.25) is 0 Å². The fraction of sp³-hybridized carbons (Fsp3) is 0.167. The zero-order chi connectivity index (χ0) is 25.5. The van der Waals surface area contributed by atoms with Crippen molar-refractivity contribution in [2.45, 2.75) is 18.0 Å². The van der Waals surface area contributed by atoms with Gasteiger partial charge >= 0.3 is 6.18 Å². The van der Waals surface area contributed by atoms with Crippen LogP contribution in [0.3, 0.4) is 0 Å². The van der Waals surface area contributed by atoms with E-state index in [4.69, 9.17) is 16.3 Å². The van der Waals surface area contributed by atoms with Crippen LogP contribution in [0.2, 0.25) is 5.02 Å². The second-order valence-corrected chi connectivity index (χ2v) is 9.99. The zero-order valence-corrected chi connectivity index (χ0v) is 19.6. The Hall–Kier alpha value is -3.11. The molecule has 0 bridgehead atoms. The highest BCUT2D eigenvalue weighted by atomic mass is 35.5. The maximum Gasteiger partial charge on any atom is 0.419 e. The van der Waals surface area contributed by atoms with Gasteiger partial charge in [0.15, 0.2) is 0 Å². The lowest BCUT2D eigenvalue weighted by Crippen LogP contribution is -2.38. The Morgan fingerprint density at radius 2 is 1.80 bits per heavy atom. The number of hydrogen-bond donors (Lipinski definition) is 0. The van der Waals surface area contributed by atoms with Gasteiger partial charge in [-0.25, -0.2) is 17.2 Å². The van der Waals surface area contributed by atoms with Crippen molar-refractivity contribution in [3.05, 3.63) is 87.9 Å². The number of anilines is 1. The predicted molar refractivity (Wildman–Crippen MR) is 123 cm³/mol. The van der Waals surface area contributed by atoms with Gasteiger partial charge in [0.25, 0.3) is 10.0 Å². The number of rotatable bonds is 4. The van der Waals surface area contributed by atoms with Gasteiger partial charge in [0, 0.05) is 5.56 Å². The minimum atomic E-state index is -5.07. The average Bonchev–Trinajstić information content (AvgIpc) is 2.77. The lowest BCUT2D eigenvalue weighted by Gasteiger charge is -2.31. The maximum atomic E-state index is 14.3. The molecule has 0 atom stereocenters. The lowest BCUT2D eigenvalue weighted by atomic mass is 10.0. The molecule has 0 unspecified atom stereocenters. The van der Waals surface area contributed by atoms with E-state index in [1.165, 1.54) is 30.3 Å². The first-order valence-electron chi connectivity index (χ1n) is 10.2. The third kappa shape index (κ3) is 4.85. The van der Waals surface area contributed by atoms with E-state index in [0.717, 1.165) is 10.4 Å². The van der Waals surface area contributed by atoms with E-state index in [-0.39, 0.29) is 41.2 Å². The summed E-state index contributed by atoms with van der Waals surface area (Å²) in [5.74, 6) is -1.92. The normalized spacial score (nSPS) is 14.5. The molecule has 35 heavy (non-hydrogen) atoms. The molecule has 1 heterocycles. The number of halogens is 6. The van der Waals surface area contributed by atoms with Crippen LogP contribution in [0.15, 0.2) is 59.5 Å². The maximum absolute atomic E-state index is 14.3. The number of nitrogens with zero attached hydrogens (tertiary/aromatic N) is 1. The van der Waals surface area contributed by atoms with Crippen molar-refractivity contribution in [2.24, 2.45) is 0 Å². The topological polar surface area (TPSA) is 46.6 Å². The average molecular weight is 530 g/mol. The summed E-state index contributed by atoms with van der Waals surface area (Å²) in [4.78, 5) is -0.714. The number of hydrogen-bond acceptors (Lipinski definition) is 3. The molecule has 11 heteroatoms. The zero-order valence-electron chi connectivity index (χ0n) is 18.0. The molecule has 0 saturated heterocycles. The highest BCUT2D eigenvalue weighted by molar-refractivity contribution is 7.92. The first kappa shape index (κ1) is 25.0. The summed E-state index contributed by atoms with van der Waals surface area (Å²) in [7, 11) is -4.50.